The summed E-state index contributed by atoms with van der Waals surface area (Å²) < 4.78 is 10.8. The molecule has 2 atom stereocenters. The molecular formula is C19H20N2O5. The van der Waals surface area contributed by atoms with Gasteiger partial charge in [-0.2, -0.15) is 0 Å². The van der Waals surface area contributed by atoms with Crippen molar-refractivity contribution in [2.45, 2.75) is 19.1 Å². The number of urea groups is 1. The van der Waals surface area contributed by atoms with Crippen LogP contribution in [0, 0.1) is 0 Å². The first-order valence-corrected chi connectivity index (χ1v) is 8.01. The third-order valence-electron chi connectivity index (χ3n) is 3.43. The van der Waals surface area contributed by atoms with E-state index < -0.39 is 30.1 Å². The first kappa shape index (κ1) is 19.0. The standard InChI is InChI=1S/C19H20N2O5/c1-13(25-15-11-7-4-8-12-15)18(23)26-16(14-9-5-3-6-10-14)17(22)21-19(24)20-2/h3-13,16H,1-2H3,(H2,20,21,22,24)/t13-,16+/m1/s1. The summed E-state index contributed by atoms with van der Waals surface area (Å²) in [6, 6.07) is 16.5. The Kier molecular flexibility index (Phi) is 6.73. The fourth-order valence-corrected chi connectivity index (χ4v) is 2.10. The van der Waals surface area contributed by atoms with Gasteiger partial charge in [-0.05, 0) is 19.1 Å². The number of imide groups is 1. The van der Waals surface area contributed by atoms with Gasteiger partial charge in [-0.3, -0.25) is 10.1 Å². The summed E-state index contributed by atoms with van der Waals surface area (Å²) in [5.74, 6) is -0.978. The van der Waals surface area contributed by atoms with Crippen molar-refractivity contribution in [2.75, 3.05) is 7.05 Å². The Morgan fingerprint density at radius 2 is 1.50 bits per heavy atom. The van der Waals surface area contributed by atoms with Crippen LogP contribution in [0.15, 0.2) is 60.7 Å². The van der Waals surface area contributed by atoms with Crippen molar-refractivity contribution in [3.05, 3.63) is 66.2 Å². The van der Waals surface area contributed by atoms with Crippen molar-refractivity contribution in [1.29, 1.82) is 0 Å². The molecule has 2 aromatic carbocycles. The normalized spacial score (nSPS) is 12.4. The summed E-state index contributed by atoms with van der Waals surface area (Å²) in [7, 11) is 1.38. The van der Waals surface area contributed by atoms with E-state index >= 15 is 0 Å². The molecule has 0 fully saturated rings. The molecule has 2 aromatic rings. The number of carbonyl (C=O) groups is 3. The minimum atomic E-state index is -1.28. The van der Waals surface area contributed by atoms with Crippen LogP contribution >= 0.6 is 0 Å². The van der Waals surface area contributed by atoms with Crippen LogP contribution in [0.3, 0.4) is 0 Å². The average molecular weight is 356 g/mol. The first-order valence-electron chi connectivity index (χ1n) is 8.01. The van der Waals surface area contributed by atoms with Gasteiger partial charge in [0.25, 0.3) is 5.91 Å². The largest absolute Gasteiger partial charge is 0.479 e. The lowest BCUT2D eigenvalue weighted by Crippen LogP contribution is -2.42. The Balaban J connectivity index is 2.11. The monoisotopic (exact) mass is 356 g/mol. The van der Waals surface area contributed by atoms with E-state index in [2.05, 4.69) is 10.6 Å². The fraction of sp³-hybridized carbons (Fsp3) is 0.211. The summed E-state index contributed by atoms with van der Waals surface area (Å²) in [6.07, 6.45) is -2.21. The molecule has 0 aliphatic heterocycles. The lowest BCUT2D eigenvalue weighted by atomic mass is 10.1. The maximum atomic E-state index is 12.4. The molecule has 0 radical (unpaired) electrons. The summed E-state index contributed by atoms with van der Waals surface area (Å²) in [5, 5.41) is 4.39. The number of carbonyl (C=O) groups excluding carboxylic acids is 3. The summed E-state index contributed by atoms with van der Waals surface area (Å²) in [4.78, 5) is 36.1. The topological polar surface area (TPSA) is 93.7 Å². The van der Waals surface area contributed by atoms with E-state index in [1.807, 2.05) is 6.07 Å². The molecule has 0 saturated carbocycles. The quantitative estimate of drug-likeness (QED) is 0.774. The zero-order valence-electron chi connectivity index (χ0n) is 14.5. The van der Waals surface area contributed by atoms with Gasteiger partial charge < -0.3 is 14.8 Å². The molecule has 0 spiro atoms. The van der Waals surface area contributed by atoms with Crippen molar-refractivity contribution >= 4 is 17.9 Å². The van der Waals surface area contributed by atoms with Crippen LogP contribution in [-0.2, 0) is 14.3 Å². The molecule has 0 unspecified atom stereocenters. The van der Waals surface area contributed by atoms with Gasteiger partial charge in [0.15, 0.2) is 6.10 Å². The van der Waals surface area contributed by atoms with Gasteiger partial charge in [0, 0.05) is 12.6 Å². The Labute approximate surface area is 151 Å². The van der Waals surface area contributed by atoms with E-state index in [4.69, 9.17) is 9.47 Å². The summed E-state index contributed by atoms with van der Waals surface area (Å²) >= 11 is 0. The lowest BCUT2D eigenvalue weighted by molar-refractivity contribution is -0.162. The van der Waals surface area contributed by atoms with E-state index in [-0.39, 0.29) is 0 Å². The molecule has 26 heavy (non-hydrogen) atoms. The van der Waals surface area contributed by atoms with E-state index in [9.17, 15) is 14.4 Å². The number of nitrogens with one attached hydrogen (secondary N) is 2. The number of benzene rings is 2. The Morgan fingerprint density at radius 1 is 0.923 bits per heavy atom. The zero-order valence-corrected chi connectivity index (χ0v) is 14.5. The molecule has 7 nitrogen and oxygen atoms in total. The van der Waals surface area contributed by atoms with Crippen LogP contribution in [0.25, 0.3) is 0 Å². The second-order valence-corrected chi connectivity index (χ2v) is 5.37. The molecule has 0 aliphatic carbocycles. The maximum absolute atomic E-state index is 12.4. The van der Waals surface area contributed by atoms with E-state index in [1.54, 1.807) is 54.6 Å². The molecule has 3 amide bonds. The van der Waals surface area contributed by atoms with Crippen molar-refractivity contribution in [1.82, 2.24) is 10.6 Å². The third kappa shape index (κ3) is 5.34. The second kappa shape index (κ2) is 9.22. The average Bonchev–Trinajstić information content (AvgIpc) is 2.67. The van der Waals surface area contributed by atoms with Crippen LogP contribution in [0.2, 0.25) is 0 Å². The van der Waals surface area contributed by atoms with Crippen LogP contribution in [0.5, 0.6) is 5.75 Å². The highest BCUT2D eigenvalue weighted by Crippen LogP contribution is 2.20. The van der Waals surface area contributed by atoms with Gasteiger partial charge in [0.1, 0.15) is 5.75 Å². The zero-order chi connectivity index (χ0) is 18.9. The summed E-state index contributed by atoms with van der Waals surface area (Å²) in [6.45, 7) is 1.52. The minimum absolute atomic E-state index is 0.439. The molecule has 0 saturated heterocycles. The Bertz CT molecular complexity index is 749. The third-order valence-corrected chi connectivity index (χ3v) is 3.43. The van der Waals surface area contributed by atoms with Gasteiger partial charge in [-0.15, -0.1) is 0 Å². The number of rotatable bonds is 6. The highest BCUT2D eigenvalue weighted by molar-refractivity contribution is 5.97. The van der Waals surface area contributed by atoms with E-state index in [0.29, 0.717) is 11.3 Å². The van der Waals surface area contributed by atoms with Crippen LogP contribution < -0.4 is 15.4 Å². The number of ether oxygens (including phenoxy) is 2. The first-order chi connectivity index (χ1) is 12.5. The molecule has 2 rings (SSSR count). The van der Waals surface area contributed by atoms with Crippen LogP contribution in [0.1, 0.15) is 18.6 Å². The second-order valence-electron chi connectivity index (χ2n) is 5.37. The van der Waals surface area contributed by atoms with E-state index in [1.165, 1.54) is 14.0 Å². The molecule has 0 aromatic heterocycles. The molecular weight excluding hydrogens is 336 g/mol. The fourth-order valence-electron chi connectivity index (χ4n) is 2.10. The van der Waals surface area contributed by atoms with Gasteiger partial charge in [0.05, 0.1) is 0 Å². The molecule has 0 aliphatic rings. The molecule has 136 valence electrons. The van der Waals surface area contributed by atoms with E-state index in [0.717, 1.165) is 0 Å². The lowest BCUT2D eigenvalue weighted by Gasteiger charge is -2.20. The summed E-state index contributed by atoms with van der Waals surface area (Å²) in [5.41, 5.74) is 0.439. The Morgan fingerprint density at radius 3 is 2.08 bits per heavy atom. The highest BCUT2D eigenvalue weighted by atomic mass is 16.6. The van der Waals surface area contributed by atoms with Crippen molar-refractivity contribution in [3.8, 4) is 5.75 Å². The highest BCUT2D eigenvalue weighted by Gasteiger charge is 2.29. The smallest absolute Gasteiger partial charge is 0.348 e. The predicted molar refractivity (Wildman–Crippen MR) is 94.4 cm³/mol. The number of hydrogen-bond acceptors (Lipinski definition) is 5. The molecule has 0 heterocycles. The molecule has 0 bridgehead atoms. The van der Waals surface area contributed by atoms with Gasteiger partial charge in [-0.25, -0.2) is 9.59 Å². The van der Waals surface area contributed by atoms with Gasteiger partial charge in [-0.1, -0.05) is 48.5 Å². The van der Waals surface area contributed by atoms with Gasteiger partial charge >= 0.3 is 12.0 Å². The number of hydrogen-bond donors (Lipinski definition) is 2. The molecule has 2 N–H and O–H groups in total. The van der Waals surface area contributed by atoms with Crippen LogP contribution in [-0.4, -0.2) is 31.1 Å². The number of amides is 3. The van der Waals surface area contributed by atoms with Crippen molar-refractivity contribution in [2.24, 2.45) is 0 Å². The minimum Gasteiger partial charge on any atom is -0.479 e. The van der Waals surface area contributed by atoms with Crippen molar-refractivity contribution < 1.29 is 23.9 Å². The number of esters is 1. The van der Waals surface area contributed by atoms with Gasteiger partial charge in [0.2, 0.25) is 6.10 Å². The SMILES string of the molecule is CNC(=O)NC(=O)[C@@H](OC(=O)[C@@H](C)Oc1ccccc1)c1ccccc1. The number of para-hydroxylation sites is 1. The van der Waals surface area contributed by atoms with Crippen molar-refractivity contribution in [3.63, 3.8) is 0 Å². The predicted octanol–water partition coefficient (Wildman–Crippen LogP) is 2.19. The molecule has 7 heteroatoms. The maximum Gasteiger partial charge on any atom is 0.348 e. The Hall–Kier alpha value is -3.35. The van der Waals surface area contributed by atoms with Crippen LogP contribution in [0.4, 0.5) is 4.79 Å².